The molecule has 0 radical (unpaired) electrons. The molecule has 0 bridgehead atoms. The molecule has 30 heavy (non-hydrogen) atoms. The molecule has 7 heteroatoms. The van der Waals surface area contributed by atoms with Gasteiger partial charge in [0.2, 0.25) is 0 Å². The molecule has 1 fully saturated rings. The van der Waals surface area contributed by atoms with Gasteiger partial charge in [0.25, 0.3) is 0 Å². The second kappa shape index (κ2) is 11.7. The first-order valence-corrected chi connectivity index (χ1v) is 11.2. The Morgan fingerprint density at radius 2 is 1.83 bits per heavy atom. The summed E-state index contributed by atoms with van der Waals surface area (Å²) >= 11 is 1.47. The smallest absolute Gasteiger partial charge is 0.180 e. The summed E-state index contributed by atoms with van der Waals surface area (Å²) in [4.78, 5) is 2.39. The van der Waals surface area contributed by atoms with Crippen LogP contribution < -0.4 is 10.5 Å². The van der Waals surface area contributed by atoms with Gasteiger partial charge >= 0.3 is 0 Å². The second-order valence-electron chi connectivity index (χ2n) is 7.39. The molecule has 0 aromatic heterocycles. The minimum atomic E-state index is 0.278. The minimum absolute atomic E-state index is 0.278. The Labute approximate surface area is 183 Å². The third kappa shape index (κ3) is 7.82. The van der Waals surface area contributed by atoms with Crippen molar-refractivity contribution < 1.29 is 9.47 Å². The highest BCUT2D eigenvalue weighted by molar-refractivity contribution is 8.13. The molecule has 0 spiro atoms. The summed E-state index contributed by atoms with van der Waals surface area (Å²) in [5, 5.41) is 8.58. The van der Waals surface area contributed by atoms with Crippen molar-refractivity contribution in [2.75, 3.05) is 26.2 Å². The van der Waals surface area contributed by atoms with Gasteiger partial charge in [-0.2, -0.15) is 5.10 Å². The van der Waals surface area contributed by atoms with E-state index in [-0.39, 0.29) is 12.2 Å². The molecule has 3 rings (SSSR count). The highest BCUT2D eigenvalue weighted by atomic mass is 32.2. The maximum atomic E-state index is 5.91. The van der Waals surface area contributed by atoms with Crippen LogP contribution >= 0.6 is 11.8 Å². The molecule has 0 saturated carbocycles. The first kappa shape index (κ1) is 22.3. The van der Waals surface area contributed by atoms with Crippen LogP contribution in [-0.2, 0) is 10.5 Å². The molecule has 2 atom stereocenters. The lowest BCUT2D eigenvalue weighted by Crippen LogP contribution is -2.46. The van der Waals surface area contributed by atoms with Gasteiger partial charge in [-0.05, 0) is 49.2 Å². The van der Waals surface area contributed by atoms with E-state index in [1.165, 1.54) is 17.3 Å². The van der Waals surface area contributed by atoms with Gasteiger partial charge in [0.1, 0.15) is 12.4 Å². The normalized spacial score (nSPS) is 20.5. The molecule has 1 aliphatic rings. The van der Waals surface area contributed by atoms with E-state index in [2.05, 4.69) is 41.1 Å². The predicted octanol–water partition coefficient (Wildman–Crippen LogP) is 3.76. The van der Waals surface area contributed by atoms with E-state index in [1.54, 1.807) is 6.21 Å². The average Bonchev–Trinajstić information content (AvgIpc) is 2.73. The summed E-state index contributed by atoms with van der Waals surface area (Å²) in [6.45, 7) is 7.70. The molecule has 1 heterocycles. The zero-order chi connectivity index (χ0) is 21.2. The molecule has 2 aromatic rings. The number of thioether (sulfide) groups is 1. The second-order valence-corrected chi connectivity index (χ2v) is 8.39. The Morgan fingerprint density at radius 1 is 1.13 bits per heavy atom. The number of morpholine rings is 1. The largest absolute Gasteiger partial charge is 0.492 e. The third-order valence-corrected chi connectivity index (χ3v) is 5.50. The van der Waals surface area contributed by atoms with Crippen molar-refractivity contribution in [3.63, 3.8) is 0 Å². The van der Waals surface area contributed by atoms with Crippen molar-refractivity contribution >= 4 is 23.1 Å². The molecule has 0 aliphatic carbocycles. The molecule has 1 aliphatic heterocycles. The van der Waals surface area contributed by atoms with Crippen molar-refractivity contribution in [2.45, 2.75) is 31.8 Å². The Morgan fingerprint density at radius 3 is 2.53 bits per heavy atom. The maximum absolute atomic E-state index is 5.91. The number of nitrogens with zero attached hydrogens (tertiary/aromatic N) is 3. The van der Waals surface area contributed by atoms with Gasteiger partial charge in [-0.25, -0.2) is 0 Å². The van der Waals surface area contributed by atoms with Gasteiger partial charge in [0.15, 0.2) is 5.17 Å². The van der Waals surface area contributed by atoms with Crippen LogP contribution in [0.3, 0.4) is 0 Å². The van der Waals surface area contributed by atoms with Crippen LogP contribution in [0.2, 0.25) is 0 Å². The quantitative estimate of drug-likeness (QED) is 0.395. The fourth-order valence-electron chi connectivity index (χ4n) is 3.32. The van der Waals surface area contributed by atoms with Gasteiger partial charge in [-0.3, -0.25) is 4.90 Å². The van der Waals surface area contributed by atoms with Crippen molar-refractivity contribution in [1.29, 1.82) is 0 Å². The van der Waals surface area contributed by atoms with Crippen molar-refractivity contribution in [3.05, 3.63) is 65.7 Å². The van der Waals surface area contributed by atoms with E-state index in [0.29, 0.717) is 11.8 Å². The van der Waals surface area contributed by atoms with Crippen molar-refractivity contribution in [3.8, 4) is 5.75 Å². The highest BCUT2D eigenvalue weighted by Gasteiger charge is 2.21. The zero-order valence-corrected chi connectivity index (χ0v) is 18.4. The zero-order valence-electron chi connectivity index (χ0n) is 17.6. The van der Waals surface area contributed by atoms with Gasteiger partial charge in [-0.15, -0.1) is 5.10 Å². The first-order valence-electron chi connectivity index (χ1n) is 10.2. The van der Waals surface area contributed by atoms with Gasteiger partial charge < -0.3 is 15.2 Å². The number of hydrogen-bond donors (Lipinski definition) is 1. The van der Waals surface area contributed by atoms with Crippen LogP contribution in [-0.4, -0.2) is 54.7 Å². The number of rotatable bonds is 8. The number of hydrogen-bond acceptors (Lipinski definition) is 6. The molecule has 0 amide bonds. The fraction of sp³-hybridized carbons (Fsp3) is 0.391. The Hall–Kier alpha value is -2.35. The molecular weight excluding hydrogens is 396 g/mol. The van der Waals surface area contributed by atoms with E-state index in [4.69, 9.17) is 15.2 Å². The lowest BCUT2D eigenvalue weighted by atomic mass is 10.2. The van der Waals surface area contributed by atoms with Gasteiger partial charge in [-0.1, -0.05) is 42.1 Å². The van der Waals surface area contributed by atoms with E-state index in [0.717, 1.165) is 36.7 Å². The van der Waals surface area contributed by atoms with Crippen LogP contribution in [0.1, 0.15) is 25.0 Å². The van der Waals surface area contributed by atoms with Gasteiger partial charge in [0.05, 0.1) is 18.4 Å². The predicted molar refractivity (Wildman–Crippen MR) is 125 cm³/mol. The van der Waals surface area contributed by atoms with E-state index < -0.39 is 0 Å². The van der Waals surface area contributed by atoms with E-state index in [9.17, 15) is 0 Å². The van der Waals surface area contributed by atoms with E-state index in [1.807, 2.05) is 42.5 Å². The minimum Gasteiger partial charge on any atom is -0.492 e. The van der Waals surface area contributed by atoms with E-state index >= 15 is 0 Å². The van der Waals surface area contributed by atoms with Crippen LogP contribution in [0.25, 0.3) is 0 Å². The first-order chi connectivity index (χ1) is 14.6. The topological polar surface area (TPSA) is 72.4 Å². The molecule has 160 valence electrons. The van der Waals surface area contributed by atoms with Crippen LogP contribution in [0.15, 0.2) is 64.8 Å². The summed E-state index contributed by atoms with van der Waals surface area (Å²) in [5.41, 5.74) is 8.06. The van der Waals surface area contributed by atoms with Crippen molar-refractivity contribution in [2.24, 2.45) is 15.9 Å². The molecule has 6 nitrogen and oxygen atoms in total. The summed E-state index contributed by atoms with van der Waals surface area (Å²) in [5.74, 6) is 1.63. The SMILES string of the molecule is CC1CN(CCOc2ccc(C=NN=C(N)SCc3ccccc3)cc2)CC(C)O1. The number of ether oxygens (including phenoxy) is 2. The summed E-state index contributed by atoms with van der Waals surface area (Å²) in [6, 6.07) is 18.0. The highest BCUT2D eigenvalue weighted by Crippen LogP contribution is 2.14. The molecule has 1 saturated heterocycles. The van der Waals surface area contributed by atoms with Gasteiger partial charge in [0, 0.05) is 25.4 Å². The number of amidine groups is 1. The maximum Gasteiger partial charge on any atom is 0.180 e. The molecule has 2 aromatic carbocycles. The summed E-state index contributed by atoms with van der Waals surface area (Å²) in [7, 11) is 0. The summed E-state index contributed by atoms with van der Waals surface area (Å²) < 4.78 is 11.6. The summed E-state index contributed by atoms with van der Waals surface area (Å²) in [6.07, 6.45) is 2.25. The van der Waals surface area contributed by atoms with Crippen molar-refractivity contribution in [1.82, 2.24) is 4.90 Å². The Kier molecular flexibility index (Phi) is 8.74. The third-order valence-electron chi connectivity index (χ3n) is 4.64. The molecule has 2 N–H and O–H groups in total. The average molecular weight is 427 g/mol. The monoisotopic (exact) mass is 426 g/mol. The fourth-order valence-corrected chi connectivity index (χ4v) is 3.93. The van der Waals surface area contributed by atoms with Crippen LogP contribution in [0.5, 0.6) is 5.75 Å². The molecular formula is C23H30N4O2S. The molecule has 2 unspecified atom stereocenters. The van der Waals surface area contributed by atoms with Crippen LogP contribution in [0, 0.1) is 0 Å². The lowest BCUT2D eigenvalue weighted by Gasteiger charge is -2.35. The Bertz CT molecular complexity index is 817. The van der Waals surface area contributed by atoms with Crippen LogP contribution in [0.4, 0.5) is 0 Å². The standard InChI is InChI=1S/C23H30N4O2S/c1-18-15-27(16-19(2)29-18)12-13-28-22-10-8-20(9-11-22)14-25-26-23(24)30-17-21-6-4-3-5-7-21/h3-11,14,18-19H,12-13,15-17H2,1-2H3,(H2,24,26). The Balaban J connectivity index is 1.39. The lowest BCUT2D eigenvalue weighted by molar-refractivity contribution is -0.0699. The number of benzene rings is 2. The number of nitrogens with two attached hydrogens (primary N) is 1.